The van der Waals surface area contributed by atoms with Crippen LogP contribution in [0.2, 0.25) is 0 Å². The Morgan fingerprint density at radius 1 is 0.542 bits per heavy atom. The Morgan fingerprint density at radius 3 is 1.50 bits per heavy atom. The monoisotopic (exact) mass is 313 g/mol. The maximum absolute atomic E-state index is 2.32. The first kappa shape index (κ1) is 15.0. The molecule has 1 saturated carbocycles. The summed E-state index contributed by atoms with van der Waals surface area (Å²) in [6.45, 7) is 0. The Hall–Kier alpha value is -2.54. The van der Waals surface area contributed by atoms with Crippen LogP contribution in [0.15, 0.2) is 84.9 Å². The first-order chi connectivity index (χ1) is 11.9. The highest BCUT2D eigenvalue weighted by atomic mass is 15.1. The van der Waals surface area contributed by atoms with E-state index in [0.717, 1.165) is 5.92 Å². The van der Waals surface area contributed by atoms with Gasteiger partial charge in [0, 0.05) is 17.1 Å². The van der Waals surface area contributed by atoms with E-state index in [1.165, 1.54) is 48.3 Å². The number of benzene rings is 3. The van der Waals surface area contributed by atoms with E-state index < -0.39 is 0 Å². The zero-order valence-electron chi connectivity index (χ0n) is 13.9. The van der Waals surface area contributed by atoms with E-state index in [1.54, 1.807) is 0 Å². The molecule has 4 rings (SSSR count). The second kappa shape index (κ2) is 6.92. The molecule has 0 amide bonds. The van der Waals surface area contributed by atoms with Gasteiger partial charge in [-0.25, -0.2) is 0 Å². The Balaban J connectivity index is 1.71. The van der Waals surface area contributed by atoms with Crippen molar-refractivity contribution >= 4 is 17.1 Å². The summed E-state index contributed by atoms with van der Waals surface area (Å²) in [5.41, 5.74) is 5.10. The molecule has 0 aromatic heterocycles. The van der Waals surface area contributed by atoms with E-state index in [4.69, 9.17) is 0 Å². The molecule has 1 aliphatic carbocycles. The first-order valence-corrected chi connectivity index (χ1v) is 8.92. The van der Waals surface area contributed by atoms with Crippen LogP contribution in [0.3, 0.4) is 0 Å². The largest absolute Gasteiger partial charge is 0.311 e. The number of nitrogens with zero attached hydrogens (tertiary/aromatic N) is 1. The summed E-state index contributed by atoms with van der Waals surface area (Å²) in [5.74, 6) is 0.765. The molecule has 0 unspecified atom stereocenters. The third kappa shape index (κ3) is 3.07. The van der Waals surface area contributed by atoms with Gasteiger partial charge in [0.05, 0.1) is 0 Å². The summed E-state index contributed by atoms with van der Waals surface area (Å²) in [6, 6.07) is 30.4. The van der Waals surface area contributed by atoms with Crippen molar-refractivity contribution in [2.24, 2.45) is 0 Å². The van der Waals surface area contributed by atoms with Gasteiger partial charge in [0.2, 0.25) is 0 Å². The lowest BCUT2D eigenvalue weighted by Crippen LogP contribution is -2.09. The van der Waals surface area contributed by atoms with Gasteiger partial charge in [0.25, 0.3) is 0 Å². The van der Waals surface area contributed by atoms with E-state index in [0.29, 0.717) is 0 Å². The summed E-state index contributed by atoms with van der Waals surface area (Å²) >= 11 is 0. The van der Waals surface area contributed by atoms with Crippen LogP contribution >= 0.6 is 0 Å². The van der Waals surface area contributed by atoms with Crippen molar-refractivity contribution in [2.75, 3.05) is 4.90 Å². The average Bonchev–Trinajstić information content (AvgIpc) is 3.19. The van der Waals surface area contributed by atoms with Crippen LogP contribution in [0, 0.1) is 0 Å². The highest BCUT2D eigenvalue weighted by Crippen LogP contribution is 2.37. The minimum absolute atomic E-state index is 0.765. The second-order valence-electron chi connectivity index (χ2n) is 6.58. The fraction of sp³-hybridized carbons (Fsp3) is 0.217. The molecule has 120 valence electrons. The van der Waals surface area contributed by atoms with E-state index in [1.807, 2.05) is 0 Å². The molecule has 0 atom stereocenters. The SMILES string of the molecule is c1ccc(N(c2ccccc2)c2ccc(C3CCCC3)cc2)cc1. The highest BCUT2D eigenvalue weighted by Gasteiger charge is 2.18. The van der Waals surface area contributed by atoms with Crippen molar-refractivity contribution in [1.82, 2.24) is 0 Å². The summed E-state index contributed by atoms with van der Waals surface area (Å²) in [4.78, 5) is 2.32. The predicted molar refractivity (Wildman–Crippen MR) is 102 cm³/mol. The Bertz CT molecular complexity index is 717. The normalized spacial score (nSPS) is 14.7. The van der Waals surface area contributed by atoms with Crippen molar-refractivity contribution in [1.29, 1.82) is 0 Å². The fourth-order valence-corrected chi connectivity index (χ4v) is 3.76. The number of hydrogen-bond donors (Lipinski definition) is 0. The van der Waals surface area contributed by atoms with Gasteiger partial charge in [-0.3, -0.25) is 0 Å². The highest BCUT2D eigenvalue weighted by molar-refractivity contribution is 5.76. The molecule has 24 heavy (non-hydrogen) atoms. The molecule has 0 radical (unpaired) electrons. The summed E-state index contributed by atoms with van der Waals surface area (Å²) < 4.78 is 0. The molecule has 0 heterocycles. The molecule has 0 N–H and O–H groups in total. The number of rotatable bonds is 4. The summed E-state index contributed by atoms with van der Waals surface area (Å²) in [5, 5.41) is 0. The van der Waals surface area contributed by atoms with Gasteiger partial charge in [-0.05, 0) is 60.7 Å². The Morgan fingerprint density at radius 2 is 1.00 bits per heavy atom. The third-order valence-corrected chi connectivity index (χ3v) is 5.01. The lowest BCUT2D eigenvalue weighted by Gasteiger charge is -2.25. The molecule has 1 fully saturated rings. The number of para-hydroxylation sites is 2. The Labute approximate surface area is 144 Å². The predicted octanol–water partition coefficient (Wildman–Crippen LogP) is 6.81. The molecule has 1 heteroatoms. The molecule has 0 aliphatic heterocycles. The standard InChI is InChI=1S/C23H23N/c1-3-11-21(12-4-1)24(22-13-5-2-6-14-22)23-17-15-20(16-18-23)19-9-7-8-10-19/h1-6,11-19H,7-10H2. The zero-order valence-corrected chi connectivity index (χ0v) is 13.9. The number of hydrogen-bond acceptors (Lipinski definition) is 1. The first-order valence-electron chi connectivity index (χ1n) is 8.92. The van der Waals surface area contributed by atoms with Crippen LogP contribution in [-0.4, -0.2) is 0 Å². The van der Waals surface area contributed by atoms with Gasteiger partial charge in [-0.15, -0.1) is 0 Å². The molecule has 3 aromatic rings. The van der Waals surface area contributed by atoms with Crippen LogP contribution in [0.1, 0.15) is 37.2 Å². The van der Waals surface area contributed by atoms with Crippen LogP contribution in [-0.2, 0) is 0 Å². The van der Waals surface area contributed by atoms with Crippen molar-refractivity contribution < 1.29 is 0 Å². The molecule has 0 saturated heterocycles. The maximum atomic E-state index is 2.32. The van der Waals surface area contributed by atoms with E-state index in [2.05, 4.69) is 89.8 Å². The van der Waals surface area contributed by atoms with Gasteiger partial charge < -0.3 is 4.90 Å². The Kier molecular flexibility index (Phi) is 4.33. The van der Waals surface area contributed by atoms with Gasteiger partial charge in [-0.2, -0.15) is 0 Å². The minimum atomic E-state index is 0.765. The van der Waals surface area contributed by atoms with Crippen molar-refractivity contribution in [3.63, 3.8) is 0 Å². The molecular formula is C23H23N. The van der Waals surface area contributed by atoms with Gasteiger partial charge in [-0.1, -0.05) is 61.4 Å². The lowest BCUT2D eigenvalue weighted by atomic mass is 9.97. The lowest BCUT2D eigenvalue weighted by molar-refractivity contribution is 0.723. The van der Waals surface area contributed by atoms with Crippen molar-refractivity contribution in [2.45, 2.75) is 31.6 Å². The van der Waals surface area contributed by atoms with Crippen molar-refractivity contribution in [3.8, 4) is 0 Å². The third-order valence-electron chi connectivity index (χ3n) is 5.01. The molecule has 0 bridgehead atoms. The smallest absolute Gasteiger partial charge is 0.0461 e. The maximum Gasteiger partial charge on any atom is 0.0461 e. The van der Waals surface area contributed by atoms with Crippen molar-refractivity contribution in [3.05, 3.63) is 90.5 Å². The number of anilines is 3. The quantitative estimate of drug-likeness (QED) is 0.511. The van der Waals surface area contributed by atoms with Gasteiger partial charge in [0.15, 0.2) is 0 Å². The van der Waals surface area contributed by atoms with E-state index >= 15 is 0 Å². The molecule has 1 aliphatic rings. The minimum Gasteiger partial charge on any atom is -0.311 e. The molecule has 3 aromatic carbocycles. The van der Waals surface area contributed by atoms with Crippen LogP contribution in [0.4, 0.5) is 17.1 Å². The van der Waals surface area contributed by atoms with Crippen LogP contribution < -0.4 is 4.90 Å². The van der Waals surface area contributed by atoms with Crippen LogP contribution in [0.5, 0.6) is 0 Å². The van der Waals surface area contributed by atoms with E-state index in [9.17, 15) is 0 Å². The topological polar surface area (TPSA) is 3.24 Å². The van der Waals surface area contributed by atoms with Gasteiger partial charge >= 0.3 is 0 Å². The van der Waals surface area contributed by atoms with Crippen LogP contribution in [0.25, 0.3) is 0 Å². The average molecular weight is 313 g/mol. The molecule has 1 nitrogen and oxygen atoms in total. The second-order valence-corrected chi connectivity index (χ2v) is 6.58. The fourth-order valence-electron chi connectivity index (χ4n) is 3.76. The zero-order chi connectivity index (χ0) is 16.2. The van der Waals surface area contributed by atoms with E-state index in [-0.39, 0.29) is 0 Å². The van der Waals surface area contributed by atoms with Gasteiger partial charge in [0.1, 0.15) is 0 Å². The summed E-state index contributed by atoms with van der Waals surface area (Å²) in [7, 11) is 0. The summed E-state index contributed by atoms with van der Waals surface area (Å²) in [6.07, 6.45) is 5.46. The molecular weight excluding hydrogens is 290 g/mol. The molecule has 0 spiro atoms.